The number of carboxylic acids is 1. The lowest BCUT2D eigenvalue weighted by molar-refractivity contribution is -0.137. The lowest BCUT2D eigenvalue weighted by Crippen LogP contribution is -2.09. The first kappa shape index (κ1) is 22.5. The van der Waals surface area contributed by atoms with E-state index in [0.29, 0.717) is 6.42 Å². The van der Waals surface area contributed by atoms with Gasteiger partial charge in [0.2, 0.25) is 0 Å². The molecular formula is C25H44O2. The highest BCUT2D eigenvalue weighted by Gasteiger charge is 2.38. The minimum Gasteiger partial charge on any atom is -0.481 e. The summed E-state index contributed by atoms with van der Waals surface area (Å²) in [6, 6.07) is 0. The summed E-state index contributed by atoms with van der Waals surface area (Å²) in [6.45, 7) is 0. The Labute approximate surface area is 168 Å². The Morgan fingerprint density at radius 1 is 0.741 bits per heavy atom. The Morgan fingerprint density at radius 3 is 1.89 bits per heavy atom. The summed E-state index contributed by atoms with van der Waals surface area (Å²) in [5.74, 6) is 2.70. The Hall–Kier alpha value is -0.790. The van der Waals surface area contributed by atoms with Crippen LogP contribution in [0.5, 0.6) is 0 Å². The number of fused-ring (bicyclic) bond motifs is 2. The van der Waals surface area contributed by atoms with Crippen molar-refractivity contribution in [2.75, 3.05) is 0 Å². The van der Waals surface area contributed by atoms with E-state index in [1.807, 2.05) is 0 Å². The fourth-order valence-corrected chi connectivity index (χ4v) is 5.41. The number of carbonyl (C=O) groups is 1. The maximum Gasteiger partial charge on any atom is 0.303 e. The molecule has 0 aromatic heterocycles. The Bertz CT molecular complexity index is 415. The third-order valence-corrected chi connectivity index (χ3v) is 7.01. The van der Waals surface area contributed by atoms with E-state index in [2.05, 4.69) is 12.2 Å². The first-order valence-electron chi connectivity index (χ1n) is 12.1. The van der Waals surface area contributed by atoms with Gasteiger partial charge < -0.3 is 5.11 Å². The Balaban J connectivity index is 1.25. The van der Waals surface area contributed by atoms with Gasteiger partial charge in [-0.1, -0.05) is 76.4 Å². The molecule has 2 aliphatic rings. The molecule has 156 valence electrons. The summed E-state index contributed by atoms with van der Waals surface area (Å²) in [7, 11) is 0. The van der Waals surface area contributed by atoms with Crippen LogP contribution in [0, 0.1) is 17.8 Å². The number of hydrogen-bond acceptors (Lipinski definition) is 1. The van der Waals surface area contributed by atoms with Crippen molar-refractivity contribution < 1.29 is 9.90 Å². The Kier molecular flexibility index (Phi) is 11.9. The molecule has 2 aliphatic carbocycles. The van der Waals surface area contributed by atoms with Gasteiger partial charge in [0.1, 0.15) is 0 Å². The van der Waals surface area contributed by atoms with Crippen LogP contribution in [0.2, 0.25) is 0 Å². The highest BCUT2D eigenvalue weighted by molar-refractivity contribution is 5.66. The average Bonchev–Trinajstić information content (AvgIpc) is 3.27. The molecule has 2 rings (SSSR count). The molecule has 0 saturated heterocycles. The van der Waals surface area contributed by atoms with Crippen LogP contribution in [-0.2, 0) is 4.79 Å². The van der Waals surface area contributed by atoms with Crippen molar-refractivity contribution in [2.45, 2.75) is 122 Å². The maximum atomic E-state index is 10.4. The lowest BCUT2D eigenvalue weighted by Gasteiger charge is -2.21. The van der Waals surface area contributed by atoms with E-state index < -0.39 is 5.97 Å². The van der Waals surface area contributed by atoms with E-state index in [9.17, 15) is 4.79 Å². The van der Waals surface area contributed by atoms with E-state index in [1.165, 1.54) is 77.0 Å². The van der Waals surface area contributed by atoms with Crippen LogP contribution in [0.4, 0.5) is 0 Å². The van der Waals surface area contributed by atoms with Crippen molar-refractivity contribution >= 4 is 5.97 Å². The van der Waals surface area contributed by atoms with E-state index in [0.717, 1.165) is 30.6 Å². The molecule has 2 heteroatoms. The third-order valence-electron chi connectivity index (χ3n) is 7.01. The van der Waals surface area contributed by atoms with E-state index in [4.69, 9.17) is 5.11 Å². The molecule has 0 radical (unpaired) electrons. The third kappa shape index (κ3) is 10.4. The average molecular weight is 377 g/mol. The molecule has 0 heterocycles. The van der Waals surface area contributed by atoms with E-state index in [1.54, 1.807) is 25.7 Å². The second kappa shape index (κ2) is 14.2. The quantitative estimate of drug-likeness (QED) is 0.207. The highest BCUT2D eigenvalue weighted by atomic mass is 16.4. The van der Waals surface area contributed by atoms with Crippen molar-refractivity contribution in [2.24, 2.45) is 17.8 Å². The number of aliphatic carboxylic acids is 1. The summed E-state index contributed by atoms with van der Waals surface area (Å²) in [5, 5.41) is 8.58. The minimum atomic E-state index is -0.659. The molecule has 3 unspecified atom stereocenters. The highest BCUT2D eigenvalue weighted by Crippen LogP contribution is 2.50. The van der Waals surface area contributed by atoms with Crippen LogP contribution in [-0.4, -0.2) is 11.1 Å². The smallest absolute Gasteiger partial charge is 0.303 e. The maximum absolute atomic E-state index is 10.4. The monoisotopic (exact) mass is 376 g/mol. The summed E-state index contributed by atoms with van der Waals surface area (Å²) < 4.78 is 0. The molecule has 27 heavy (non-hydrogen) atoms. The molecule has 2 nitrogen and oxygen atoms in total. The van der Waals surface area contributed by atoms with Gasteiger partial charge >= 0.3 is 5.97 Å². The van der Waals surface area contributed by atoms with Gasteiger partial charge in [0.15, 0.2) is 0 Å². The zero-order valence-corrected chi connectivity index (χ0v) is 17.7. The number of rotatable bonds is 17. The van der Waals surface area contributed by atoms with Gasteiger partial charge in [-0.15, -0.1) is 0 Å². The van der Waals surface area contributed by atoms with Gasteiger partial charge in [0.25, 0.3) is 0 Å². The molecular weight excluding hydrogens is 332 g/mol. The second-order valence-corrected chi connectivity index (χ2v) is 9.31. The van der Waals surface area contributed by atoms with E-state index in [-0.39, 0.29) is 0 Å². The van der Waals surface area contributed by atoms with Gasteiger partial charge in [0, 0.05) is 6.42 Å². The van der Waals surface area contributed by atoms with Crippen molar-refractivity contribution in [3.05, 3.63) is 12.2 Å². The normalized spacial score (nSPS) is 24.2. The Morgan fingerprint density at radius 2 is 1.33 bits per heavy atom. The number of unbranched alkanes of at least 4 members (excludes halogenated alkanes) is 11. The summed E-state index contributed by atoms with van der Waals surface area (Å²) >= 11 is 0. The topological polar surface area (TPSA) is 37.3 Å². The van der Waals surface area contributed by atoms with Crippen LogP contribution >= 0.6 is 0 Å². The molecule has 3 atom stereocenters. The number of hydrogen-bond donors (Lipinski definition) is 1. The summed E-state index contributed by atoms with van der Waals surface area (Å²) in [5.41, 5.74) is 0. The van der Waals surface area contributed by atoms with Gasteiger partial charge in [0.05, 0.1) is 0 Å². The fraction of sp³-hybridized carbons (Fsp3) is 0.880. The standard InChI is InChI=1S/C25H44O2/c26-25(27)17-15-13-11-9-7-5-3-1-2-4-6-8-10-12-14-16-23-20-22-18-19-24(23)21-22/h1,3,22-24H,2,4-21H2,(H,26,27)/b3-1-. The molecule has 2 fully saturated rings. The van der Waals surface area contributed by atoms with Gasteiger partial charge in [-0.3, -0.25) is 4.79 Å². The molecule has 2 bridgehead atoms. The number of allylic oxidation sites excluding steroid dienone is 2. The van der Waals surface area contributed by atoms with Gasteiger partial charge in [-0.05, 0) is 69.1 Å². The van der Waals surface area contributed by atoms with Crippen LogP contribution in [0.25, 0.3) is 0 Å². The van der Waals surface area contributed by atoms with Gasteiger partial charge in [-0.25, -0.2) is 0 Å². The second-order valence-electron chi connectivity index (χ2n) is 9.31. The van der Waals surface area contributed by atoms with Crippen molar-refractivity contribution in [3.8, 4) is 0 Å². The molecule has 0 amide bonds. The first-order valence-corrected chi connectivity index (χ1v) is 12.1. The molecule has 2 saturated carbocycles. The lowest BCUT2D eigenvalue weighted by atomic mass is 9.85. The van der Waals surface area contributed by atoms with Crippen molar-refractivity contribution in [3.63, 3.8) is 0 Å². The van der Waals surface area contributed by atoms with Crippen LogP contribution in [0.3, 0.4) is 0 Å². The van der Waals surface area contributed by atoms with Crippen LogP contribution in [0.1, 0.15) is 122 Å². The summed E-state index contributed by atoms with van der Waals surface area (Å²) in [6.07, 6.45) is 29.5. The predicted octanol–water partition coefficient (Wildman–Crippen LogP) is 7.91. The van der Waals surface area contributed by atoms with Crippen molar-refractivity contribution in [1.29, 1.82) is 0 Å². The number of carboxylic acid groups (broad SMARTS) is 1. The first-order chi connectivity index (χ1) is 13.3. The molecule has 0 spiro atoms. The predicted molar refractivity (Wildman–Crippen MR) is 115 cm³/mol. The zero-order valence-electron chi connectivity index (χ0n) is 17.7. The zero-order chi connectivity index (χ0) is 19.2. The molecule has 0 aliphatic heterocycles. The molecule has 1 N–H and O–H groups in total. The summed E-state index contributed by atoms with van der Waals surface area (Å²) in [4.78, 5) is 10.4. The van der Waals surface area contributed by atoms with Gasteiger partial charge in [-0.2, -0.15) is 0 Å². The molecule has 0 aromatic carbocycles. The largest absolute Gasteiger partial charge is 0.481 e. The molecule has 0 aromatic rings. The van der Waals surface area contributed by atoms with Crippen molar-refractivity contribution in [1.82, 2.24) is 0 Å². The van der Waals surface area contributed by atoms with E-state index >= 15 is 0 Å². The van der Waals surface area contributed by atoms with Crippen LogP contribution in [0.15, 0.2) is 12.2 Å². The minimum absolute atomic E-state index is 0.335. The van der Waals surface area contributed by atoms with Crippen LogP contribution < -0.4 is 0 Å². The fourth-order valence-electron chi connectivity index (χ4n) is 5.41. The SMILES string of the molecule is O=C(O)CCCCCCC/C=C\CCCCCCCCC1CC2CCC1C2.